The number of imidazole rings is 1. The molecular weight excluding hydrogens is 336 g/mol. The molecule has 0 radical (unpaired) electrons. The van der Waals surface area contributed by atoms with Crippen LogP contribution in [0.2, 0.25) is 0 Å². The maximum atomic E-state index is 10.9. The van der Waals surface area contributed by atoms with E-state index in [1.165, 1.54) is 5.56 Å². The summed E-state index contributed by atoms with van der Waals surface area (Å²) in [6.45, 7) is 3.15. The van der Waals surface area contributed by atoms with Crippen molar-refractivity contribution in [2.45, 2.75) is 19.6 Å². The Balaban J connectivity index is 1.62. The summed E-state index contributed by atoms with van der Waals surface area (Å²) in [5.41, 5.74) is 3.86. The van der Waals surface area contributed by atoms with Crippen molar-refractivity contribution in [3.63, 3.8) is 0 Å². The zero-order valence-corrected chi connectivity index (χ0v) is 15.2. The SMILES string of the molecule is Cc1cccc(OCCn2c([C@H](O)c3ccccc3)nc3ccccc32)c1. The standard InChI is InChI=1S/C23H22N2O2/c1-17-8-7-11-19(16-17)27-15-14-25-21-13-6-5-12-20(21)24-23(25)22(26)18-9-3-2-4-10-18/h2-13,16,22,26H,14-15H2,1H3/t22-/m1/s1. The molecule has 0 saturated carbocycles. The summed E-state index contributed by atoms with van der Waals surface area (Å²) in [6, 6.07) is 25.6. The van der Waals surface area contributed by atoms with E-state index in [1.807, 2.05) is 90.4 Å². The summed E-state index contributed by atoms with van der Waals surface area (Å²) in [7, 11) is 0. The van der Waals surface area contributed by atoms with E-state index in [1.54, 1.807) is 0 Å². The molecule has 3 aromatic carbocycles. The number of aliphatic hydroxyl groups excluding tert-OH is 1. The number of aromatic nitrogens is 2. The molecule has 0 saturated heterocycles. The van der Waals surface area contributed by atoms with E-state index in [0.717, 1.165) is 22.3 Å². The molecule has 0 aliphatic heterocycles. The Labute approximate surface area is 158 Å². The van der Waals surface area contributed by atoms with Crippen LogP contribution in [0.1, 0.15) is 23.1 Å². The molecule has 1 aromatic heterocycles. The van der Waals surface area contributed by atoms with Crippen LogP contribution in [0.4, 0.5) is 0 Å². The number of rotatable bonds is 6. The third-order valence-electron chi connectivity index (χ3n) is 4.62. The van der Waals surface area contributed by atoms with Crippen LogP contribution in [0.3, 0.4) is 0 Å². The second kappa shape index (κ2) is 7.64. The molecule has 1 heterocycles. The molecular formula is C23H22N2O2. The van der Waals surface area contributed by atoms with Crippen LogP contribution in [0, 0.1) is 6.92 Å². The quantitative estimate of drug-likeness (QED) is 0.552. The molecule has 0 aliphatic carbocycles. The average molecular weight is 358 g/mol. The lowest BCUT2D eigenvalue weighted by atomic mass is 10.1. The summed E-state index contributed by atoms with van der Waals surface area (Å²) in [5.74, 6) is 1.49. The van der Waals surface area contributed by atoms with Crippen molar-refractivity contribution in [1.82, 2.24) is 9.55 Å². The van der Waals surface area contributed by atoms with Crippen LogP contribution in [0.5, 0.6) is 5.75 Å². The largest absolute Gasteiger partial charge is 0.492 e. The van der Waals surface area contributed by atoms with Gasteiger partial charge in [-0.25, -0.2) is 4.98 Å². The molecule has 0 spiro atoms. The van der Waals surface area contributed by atoms with Gasteiger partial charge in [-0.2, -0.15) is 0 Å². The smallest absolute Gasteiger partial charge is 0.143 e. The number of hydrogen-bond acceptors (Lipinski definition) is 3. The van der Waals surface area contributed by atoms with Gasteiger partial charge in [-0.15, -0.1) is 0 Å². The number of nitrogens with zero attached hydrogens (tertiary/aromatic N) is 2. The first-order valence-corrected chi connectivity index (χ1v) is 9.10. The normalized spacial score (nSPS) is 12.2. The van der Waals surface area contributed by atoms with Gasteiger partial charge in [0.05, 0.1) is 17.6 Å². The van der Waals surface area contributed by atoms with Gasteiger partial charge in [-0.1, -0.05) is 54.6 Å². The van der Waals surface area contributed by atoms with Gasteiger partial charge in [0.1, 0.15) is 24.3 Å². The molecule has 27 heavy (non-hydrogen) atoms. The molecule has 1 N–H and O–H groups in total. The number of hydrogen-bond donors (Lipinski definition) is 1. The Kier molecular flexibility index (Phi) is 4.90. The predicted molar refractivity (Wildman–Crippen MR) is 107 cm³/mol. The topological polar surface area (TPSA) is 47.3 Å². The number of para-hydroxylation sites is 2. The molecule has 4 aromatic rings. The monoisotopic (exact) mass is 358 g/mol. The maximum absolute atomic E-state index is 10.9. The van der Waals surface area contributed by atoms with Crippen LogP contribution in [-0.4, -0.2) is 21.3 Å². The van der Waals surface area contributed by atoms with Crippen molar-refractivity contribution in [3.05, 3.63) is 95.8 Å². The average Bonchev–Trinajstić information content (AvgIpc) is 3.07. The third-order valence-corrected chi connectivity index (χ3v) is 4.62. The lowest BCUT2D eigenvalue weighted by molar-refractivity contribution is 0.201. The van der Waals surface area contributed by atoms with Crippen LogP contribution >= 0.6 is 0 Å². The number of fused-ring (bicyclic) bond motifs is 1. The van der Waals surface area contributed by atoms with E-state index in [4.69, 9.17) is 4.74 Å². The minimum Gasteiger partial charge on any atom is -0.492 e. The Bertz CT molecular complexity index is 1040. The fourth-order valence-corrected chi connectivity index (χ4v) is 3.28. The van der Waals surface area contributed by atoms with E-state index >= 15 is 0 Å². The van der Waals surface area contributed by atoms with Gasteiger partial charge in [-0.3, -0.25) is 0 Å². The first-order valence-electron chi connectivity index (χ1n) is 9.10. The van der Waals surface area contributed by atoms with E-state index in [2.05, 4.69) is 4.98 Å². The molecule has 0 unspecified atom stereocenters. The van der Waals surface area contributed by atoms with E-state index < -0.39 is 6.10 Å². The molecule has 4 nitrogen and oxygen atoms in total. The zero-order chi connectivity index (χ0) is 18.6. The molecule has 1 atom stereocenters. The molecule has 4 heteroatoms. The Hall–Kier alpha value is -3.11. The Morgan fingerprint density at radius 2 is 1.74 bits per heavy atom. The number of ether oxygens (including phenoxy) is 1. The van der Waals surface area contributed by atoms with E-state index in [9.17, 15) is 5.11 Å². The van der Waals surface area contributed by atoms with E-state index in [0.29, 0.717) is 19.0 Å². The minimum atomic E-state index is -0.780. The van der Waals surface area contributed by atoms with Gasteiger partial charge in [0.2, 0.25) is 0 Å². The van der Waals surface area contributed by atoms with Gasteiger partial charge < -0.3 is 14.4 Å². The maximum Gasteiger partial charge on any atom is 0.143 e. The molecule has 0 fully saturated rings. The molecule has 0 aliphatic rings. The fourth-order valence-electron chi connectivity index (χ4n) is 3.28. The van der Waals surface area contributed by atoms with Gasteiger partial charge in [0.25, 0.3) is 0 Å². The highest BCUT2D eigenvalue weighted by Crippen LogP contribution is 2.25. The Morgan fingerprint density at radius 1 is 0.963 bits per heavy atom. The van der Waals surface area contributed by atoms with Crippen LogP contribution in [0.25, 0.3) is 11.0 Å². The lowest BCUT2D eigenvalue weighted by Crippen LogP contribution is -2.14. The summed E-state index contributed by atoms with van der Waals surface area (Å²) >= 11 is 0. The van der Waals surface area contributed by atoms with Crippen molar-refractivity contribution in [2.75, 3.05) is 6.61 Å². The first kappa shape index (κ1) is 17.3. The summed E-state index contributed by atoms with van der Waals surface area (Å²) in [6.07, 6.45) is -0.780. The zero-order valence-electron chi connectivity index (χ0n) is 15.2. The van der Waals surface area contributed by atoms with Crippen LogP contribution in [-0.2, 0) is 6.54 Å². The van der Waals surface area contributed by atoms with Crippen LogP contribution < -0.4 is 4.74 Å². The molecule has 4 rings (SSSR count). The van der Waals surface area contributed by atoms with Crippen molar-refractivity contribution in [3.8, 4) is 5.75 Å². The predicted octanol–water partition coefficient (Wildman–Crippen LogP) is 4.51. The van der Waals surface area contributed by atoms with Gasteiger partial charge in [-0.05, 0) is 42.3 Å². The molecule has 0 amide bonds. The minimum absolute atomic E-state index is 0.498. The summed E-state index contributed by atoms with van der Waals surface area (Å²) in [5, 5.41) is 10.9. The molecule has 136 valence electrons. The van der Waals surface area contributed by atoms with Crippen molar-refractivity contribution >= 4 is 11.0 Å². The van der Waals surface area contributed by atoms with Crippen molar-refractivity contribution in [2.24, 2.45) is 0 Å². The summed E-state index contributed by atoms with van der Waals surface area (Å²) in [4.78, 5) is 4.69. The number of aryl methyl sites for hydroxylation is 1. The number of benzene rings is 3. The summed E-state index contributed by atoms with van der Waals surface area (Å²) < 4.78 is 7.96. The molecule has 0 bridgehead atoms. The second-order valence-corrected chi connectivity index (χ2v) is 6.59. The van der Waals surface area contributed by atoms with Gasteiger partial charge in [0, 0.05) is 0 Å². The first-order chi connectivity index (χ1) is 13.2. The third kappa shape index (κ3) is 3.71. The lowest BCUT2D eigenvalue weighted by Gasteiger charge is -2.15. The highest BCUT2D eigenvalue weighted by molar-refractivity contribution is 5.76. The Morgan fingerprint density at radius 3 is 2.56 bits per heavy atom. The van der Waals surface area contributed by atoms with Gasteiger partial charge >= 0.3 is 0 Å². The van der Waals surface area contributed by atoms with Crippen molar-refractivity contribution in [1.29, 1.82) is 0 Å². The fraction of sp³-hybridized carbons (Fsp3) is 0.174. The number of aliphatic hydroxyl groups is 1. The van der Waals surface area contributed by atoms with Crippen molar-refractivity contribution < 1.29 is 9.84 Å². The second-order valence-electron chi connectivity index (χ2n) is 6.59. The highest BCUT2D eigenvalue weighted by atomic mass is 16.5. The van der Waals surface area contributed by atoms with Gasteiger partial charge in [0.15, 0.2) is 0 Å². The van der Waals surface area contributed by atoms with Crippen LogP contribution in [0.15, 0.2) is 78.9 Å². The van der Waals surface area contributed by atoms with E-state index in [-0.39, 0.29) is 0 Å². The highest BCUT2D eigenvalue weighted by Gasteiger charge is 2.19.